The molecule has 0 radical (unpaired) electrons. The molecule has 3 rings (SSSR count). The van der Waals surface area contributed by atoms with E-state index in [1.165, 1.54) is 37.1 Å². The molecule has 1 aliphatic heterocycles. The zero-order chi connectivity index (χ0) is 13.2. The Labute approximate surface area is 114 Å². The van der Waals surface area contributed by atoms with Crippen LogP contribution in [0.5, 0.6) is 0 Å². The number of hydrogen-bond donors (Lipinski definition) is 1. The third-order valence-electron chi connectivity index (χ3n) is 4.43. The molecule has 2 aliphatic rings. The summed E-state index contributed by atoms with van der Waals surface area (Å²) in [4.78, 5) is 22.5. The highest BCUT2D eigenvalue weighted by atomic mass is 16.2. The number of aryl methyl sites for hydroxylation is 2. The zero-order valence-corrected chi connectivity index (χ0v) is 11.7. The largest absolute Gasteiger partial charge is 0.346 e. The van der Waals surface area contributed by atoms with E-state index in [1.54, 1.807) is 0 Å². The number of imidazole rings is 1. The van der Waals surface area contributed by atoms with Gasteiger partial charge in [-0.25, -0.2) is 4.98 Å². The van der Waals surface area contributed by atoms with E-state index < -0.39 is 0 Å². The number of likely N-dealkylation sites (tertiary alicyclic amines) is 1. The second-order valence-corrected chi connectivity index (χ2v) is 5.93. The molecule has 19 heavy (non-hydrogen) atoms. The number of nitrogens with zero attached hydrogens (tertiary/aromatic N) is 2. The summed E-state index contributed by atoms with van der Waals surface area (Å²) in [7, 11) is 0. The summed E-state index contributed by atoms with van der Waals surface area (Å²) in [6.07, 6.45) is 7.67. The van der Waals surface area contributed by atoms with Crippen molar-refractivity contribution in [3.8, 4) is 0 Å². The second kappa shape index (κ2) is 5.35. The van der Waals surface area contributed by atoms with E-state index >= 15 is 0 Å². The van der Waals surface area contributed by atoms with Crippen molar-refractivity contribution in [3.63, 3.8) is 0 Å². The lowest BCUT2D eigenvalue weighted by atomic mass is 9.88. The van der Waals surface area contributed by atoms with E-state index in [0.717, 1.165) is 38.2 Å². The van der Waals surface area contributed by atoms with Gasteiger partial charge in [-0.05, 0) is 32.6 Å². The molecule has 1 N–H and O–H groups in total. The van der Waals surface area contributed by atoms with Crippen LogP contribution in [0, 0.1) is 12.8 Å². The second-order valence-electron chi connectivity index (χ2n) is 5.93. The highest BCUT2D eigenvalue weighted by Gasteiger charge is 2.30. The predicted octanol–water partition coefficient (Wildman–Crippen LogP) is 2.23. The van der Waals surface area contributed by atoms with Crippen molar-refractivity contribution in [2.75, 3.05) is 13.1 Å². The molecule has 1 atom stereocenters. The molecule has 1 aromatic heterocycles. The summed E-state index contributed by atoms with van der Waals surface area (Å²) in [5.41, 5.74) is 2.37. The first-order valence-corrected chi connectivity index (χ1v) is 7.57. The minimum atomic E-state index is 0.172. The minimum absolute atomic E-state index is 0.172. The number of carbonyl (C=O) groups is 1. The highest BCUT2D eigenvalue weighted by Crippen LogP contribution is 2.26. The minimum Gasteiger partial charge on any atom is -0.346 e. The molecule has 1 aromatic rings. The number of nitrogens with one attached hydrogen (secondary N) is 1. The van der Waals surface area contributed by atoms with Gasteiger partial charge in [-0.15, -0.1) is 0 Å². The number of carbonyl (C=O) groups excluding carboxylic acids is 1. The van der Waals surface area contributed by atoms with Gasteiger partial charge in [0, 0.05) is 31.1 Å². The van der Waals surface area contributed by atoms with Crippen LogP contribution in [0.2, 0.25) is 0 Å². The van der Waals surface area contributed by atoms with E-state index in [9.17, 15) is 4.79 Å². The number of rotatable bonds is 1. The normalized spacial score (nSPS) is 23.8. The first kappa shape index (κ1) is 12.7. The molecular weight excluding hydrogens is 238 g/mol. The van der Waals surface area contributed by atoms with Gasteiger partial charge < -0.3 is 9.88 Å². The van der Waals surface area contributed by atoms with Crippen molar-refractivity contribution >= 4 is 5.91 Å². The Morgan fingerprint density at radius 2 is 2.00 bits per heavy atom. The summed E-state index contributed by atoms with van der Waals surface area (Å²) < 4.78 is 0. The molecule has 0 saturated carbocycles. The number of hydrogen-bond acceptors (Lipinski definition) is 2. The maximum Gasteiger partial charge on any atom is 0.226 e. The number of amides is 1. The van der Waals surface area contributed by atoms with Crippen molar-refractivity contribution in [3.05, 3.63) is 17.2 Å². The molecule has 1 saturated heterocycles. The summed E-state index contributed by atoms with van der Waals surface area (Å²) in [6.45, 7) is 3.92. The third kappa shape index (κ3) is 2.67. The van der Waals surface area contributed by atoms with Gasteiger partial charge in [0.05, 0.1) is 5.69 Å². The van der Waals surface area contributed by atoms with Gasteiger partial charge in [-0.3, -0.25) is 4.79 Å². The van der Waals surface area contributed by atoms with E-state index in [4.69, 9.17) is 0 Å². The lowest BCUT2D eigenvalue weighted by Crippen LogP contribution is -2.39. The van der Waals surface area contributed by atoms with Gasteiger partial charge in [0.25, 0.3) is 0 Å². The van der Waals surface area contributed by atoms with Crippen molar-refractivity contribution < 1.29 is 4.79 Å². The fourth-order valence-electron chi connectivity index (χ4n) is 3.38. The fourth-order valence-corrected chi connectivity index (χ4v) is 3.38. The highest BCUT2D eigenvalue weighted by molar-refractivity contribution is 5.79. The van der Waals surface area contributed by atoms with Gasteiger partial charge in [-0.2, -0.15) is 0 Å². The Kier molecular flexibility index (Phi) is 3.58. The fraction of sp³-hybridized carbons (Fsp3) is 0.733. The first-order valence-electron chi connectivity index (χ1n) is 7.57. The van der Waals surface area contributed by atoms with Crippen molar-refractivity contribution in [1.29, 1.82) is 0 Å². The number of aromatic nitrogens is 2. The number of H-pyrrole nitrogens is 1. The molecule has 1 fully saturated rings. The van der Waals surface area contributed by atoms with Crippen molar-refractivity contribution in [2.45, 2.75) is 51.9 Å². The average molecular weight is 261 g/mol. The molecule has 4 nitrogen and oxygen atoms in total. The molecule has 4 heteroatoms. The molecule has 1 unspecified atom stereocenters. The van der Waals surface area contributed by atoms with Crippen LogP contribution in [-0.2, 0) is 17.6 Å². The monoisotopic (exact) mass is 261 g/mol. The van der Waals surface area contributed by atoms with Gasteiger partial charge in [0.15, 0.2) is 0 Å². The summed E-state index contributed by atoms with van der Waals surface area (Å²) in [5, 5.41) is 0. The molecular formula is C15H23N3O. The molecule has 104 valence electrons. The Morgan fingerprint density at radius 3 is 2.74 bits per heavy atom. The molecule has 0 spiro atoms. The van der Waals surface area contributed by atoms with Crippen LogP contribution in [0.4, 0.5) is 0 Å². The lowest BCUT2D eigenvalue weighted by molar-refractivity contribution is -0.135. The van der Waals surface area contributed by atoms with Crippen molar-refractivity contribution in [1.82, 2.24) is 14.9 Å². The van der Waals surface area contributed by atoms with Crippen LogP contribution in [-0.4, -0.2) is 33.9 Å². The SMILES string of the molecule is Cc1nc2c([nH]1)CC(C(=O)N1CCCCCC1)CC2. The van der Waals surface area contributed by atoms with Crippen LogP contribution >= 0.6 is 0 Å². The van der Waals surface area contributed by atoms with Crippen molar-refractivity contribution in [2.24, 2.45) is 5.92 Å². The Morgan fingerprint density at radius 1 is 1.26 bits per heavy atom. The Hall–Kier alpha value is -1.32. The standard InChI is InChI=1S/C15H23N3O/c1-11-16-13-7-6-12(10-14(13)17-11)15(19)18-8-4-2-3-5-9-18/h12H,2-10H2,1H3,(H,16,17). The smallest absolute Gasteiger partial charge is 0.226 e. The molecule has 1 amide bonds. The van der Waals surface area contributed by atoms with E-state index in [2.05, 4.69) is 14.9 Å². The maximum absolute atomic E-state index is 12.6. The molecule has 0 aromatic carbocycles. The van der Waals surface area contributed by atoms with Gasteiger partial charge in [0.2, 0.25) is 5.91 Å². The molecule has 2 heterocycles. The number of aromatic amines is 1. The van der Waals surface area contributed by atoms with E-state index in [1.807, 2.05) is 6.92 Å². The van der Waals surface area contributed by atoms with Crippen LogP contribution in [0.25, 0.3) is 0 Å². The Bertz CT molecular complexity index is 458. The molecule has 0 bridgehead atoms. The zero-order valence-electron chi connectivity index (χ0n) is 11.7. The van der Waals surface area contributed by atoms with Crippen LogP contribution < -0.4 is 0 Å². The molecule has 1 aliphatic carbocycles. The summed E-state index contributed by atoms with van der Waals surface area (Å²) >= 11 is 0. The van der Waals surface area contributed by atoms with Gasteiger partial charge in [0.1, 0.15) is 5.82 Å². The average Bonchev–Trinajstić information content (AvgIpc) is 2.63. The summed E-state index contributed by atoms with van der Waals surface area (Å²) in [6, 6.07) is 0. The topological polar surface area (TPSA) is 49.0 Å². The predicted molar refractivity (Wildman–Crippen MR) is 73.9 cm³/mol. The maximum atomic E-state index is 12.6. The van der Waals surface area contributed by atoms with E-state index in [-0.39, 0.29) is 5.92 Å². The van der Waals surface area contributed by atoms with Crippen LogP contribution in [0.3, 0.4) is 0 Å². The Balaban J connectivity index is 1.68. The number of fused-ring (bicyclic) bond motifs is 1. The quantitative estimate of drug-likeness (QED) is 0.842. The summed E-state index contributed by atoms with van der Waals surface area (Å²) in [5.74, 6) is 1.53. The van der Waals surface area contributed by atoms with Crippen LogP contribution in [0.15, 0.2) is 0 Å². The third-order valence-corrected chi connectivity index (χ3v) is 4.43. The van der Waals surface area contributed by atoms with Gasteiger partial charge >= 0.3 is 0 Å². The van der Waals surface area contributed by atoms with E-state index in [0.29, 0.717) is 5.91 Å². The first-order chi connectivity index (χ1) is 9.24. The van der Waals surface area contributed by atoms with Crippen LogP contribution in [0.1, 0.15) is 49.3 Å². The van der Waals surface area contributed by atoms with Gasteiger partial charge in [-0.1, -0.05) is 12.8 Å². The lowest BCUT2D eigenvalue weighted by Gasteiger charge is -2.28.